The number of nitrogens with zero attached hydrogens (tertiary/aromatic N) is 6. The summed E-state index contributed by atoms with van der Waals surface area (Å²) >= 11 is 0. The zero-order valence-corrected chi connectivity index (χ0v) is 22.4. The molecule has 3 rings (SSSR count). The first kappa shape index (κ1) is 36.7. The van der Waals surface area contributed by atoms with Crippen molar-refractivity contribution in [1.29, 1.82) is 0 Å². The van der Waals surface area contributed by atoms with Crippen LogP contribution >= 0.6 is 0 Å². The Morgan fingerprint density at radius 3 is 1.91 bits per heavy atom. The predicted molar refractivity (Wildman–Crippen MR) is 122 cm³/mol. The van der Waals surface area contributed by atoms with Gasteiger partial charge in [0.05, 0.1) is 0 Å². The van der Waals surface area contributed by atoms with Crippen LogP contribution in [0.1, 0.15) is 24.5 Å². The Hall–Kier alpha value is -2.82. The molecular formula is C20H25BrMgN6O7. The average Bonchev–Trinajstić information content (AvgIpc) is 3.55. The summed E-state index contributed by atoms with van der Waals surface area (Å²) in [7, 11) is 0. The number of nitro groups is 2. The topological polar surface area (TPSA) is 168 Å². The van der Waals surface area contributed by atoms with E-state index in [-0.39, 0.29) is 64.8 Å². The Morgan fingerprint density at radius 1 is 1.14 bits per heavy atom. The molecule has 1 fully saturated rings. The minimum Gasteiger partial charge on any atom is -1.00 e. The Kier molecular flexibility index (Phi) is 21.6. The van der Waals surface area contributed by atoms with Crippen LogP contribution in [0, 0.1) is 59.3 Å². The van der Waals surface area contributed by atoms with Crippen molar-refractivity contribution in [2.24, 2.45) is 0 Å². The van der Waals surface area contributed by atoms with E-state index >= 15 is 0 Å². The number of imidazole rings is 2. The summed E-state index contributed by atoms with van der Waals surface area (Å²) in [4.78, 5) is 37.3. The third-order valence-corrected chi connectivity index (χ3v) is 4.07. The molecule has 0 spiro atoms. The van der Waals surface area contributed by atoms with Gasteiger partial charge >= 0.3 is 34.7 Å². The maximum atomic E-state index is 10.5. The molecule has 15 heteroatoms. The van der Waals surface area contributed by atoms with Gasteiger partial charge in [-0.2, -0.15) is 0 Å². The van der Waals surface area contributed by atoms with Crippen molar-refractivity contribution >= 4 is 41.0 Å². The molecule has 13 nitrogen and oxygen atoms in total. The molecule has 2 aromatic rings. The van der Waals surface area contributed by atoms with Gasteiger partial charge in [-0.05, 0) is 22.7 Å². The molecule has 0 aromatic carbocycles. The molecule has 0 amide bonds. The van der Waals surface area contributed by atoms with E-state index in [0.717, 1.165) is 25.6 Å². The smallest absolute Gasteiger partial charge is 1.00 e. The van der Waals surface area contributed by atoms with Gasteiger partial charge in [-0.15, -0.1) is 6.42 Å². The number of rotatable bonds is 6. The molecule has 1 saturated heterocycles. The zero-order chi connectivity index (χ0) is 25.4. The first-order valence-corrected chi connectivity index (χ1v) is 9.50. The van der Waals surface area contributed by atoms with Crippen molar-refractivity contribution in [3.8, 4) is 18.8 Å². The van der Waals surface area contributed by atoms with Gasteiger partial charge in [0.1, 0.15) is 25.5 Å². The van der Waals surface area contributed by atoms with Crippen LogP contribution < -0.4 is 17.0 Å². The summed E-state index contributed by atoms with van der Waals surface area (Å²) in [6, 6.07) is 0. The second-order valence-electron chi connectivity index (χ2n) is 6.23. The van der Waals surface area contributed by atoms with Crippen LogP contribution in [0.3, 0.4) is 0 Å². The van der Waals surface area contributed by atoms with Crippen molar-refractivity contribution < 1.29 is 41.5 Å². The van der Waals surface area contributed by atoms with E-state index in [4.69, 9.17) is 22.7 Å². The molecule has 1 aliphatic rings. The summed E-state index contributed by atoms with van der Waals surface area (Å²) in [5.41, 5.74) is 0. The summed E-state index contributed by atoms with van der Waals surface area (Å²) in [6.45, 7) is 5.17. The molecule has 2 aromatic heterocycles. The van der Waals surface area contributed by atoms with Crippen molar-refractivity contribution in [2.75, 3.05) is 13.2 Å². The number of carbonyl (C=O) groups excluding carboxylic acids is 1. The summed E-state index contributed by atoms with van der Waals surface area (Å²) in [5, 5.41) is 30.0. The van der Waals surface area contributed by atoms with Gasteiger partial charge in [0.25, 0.3) is 0 Å². The normalized spacial score (nSPS) is 11.7. The maximum Gasteiger partial charge on any atom is 2.00 e. The Balaban J connectivity index is -0.000000443. The Bertz CT molecular complexity index is 975. The van der Waals surface area contributed by atoms with Crippen LogP contribution in [0.4, 0.5) is 11.6 Å². The number of aromatic nitrogens is 4. The monoisotopic (exact) mass is 564 g/mol. The Labute approximate surface area is 229 Å². The van der Waals surface area contributed by atoms with Gasteiger partial charge in [0.15, 0.2) is 24.0 Å². The fourth-order valence-corrected chi connectivity index (χ4v) is 2.47. The van der Waals surface area contributed by atoms with E-state index in [2.05, 4.69) is 22.3 Å². The molecule has 0 saturated carbocycles. The van der Waals surface area contributed by atoms with Crippen molar-refractivity contribution in [3.05, 3.63) is 50.7 Å². The predicted octanol–water partition coefficient (Wildman–Crippen LogP) is -1.98. The zero-order valence-electron chi connectivity index (χ0n) is 19.4. The van der Waals surface area contributed by atoms with Gasteiger partial charge in [-0.25, -0.2) is 19.1 Å². The number of aliphatic hydroxyl groups excluding tert-OH is 1. The van der Waals surface area contributed by atoms with Crippen LogP contribution in [0.2, 0.25) is 0 Å². The number of hydrogen-bond donors (Lipinski definition) is 1. The summed E-state index contributed by atoms with van der Waals surface area (Å²) < 4.78 is 7.46. The van der Waals surface area contributed by atoms with E-state index in [1.807, 2.05) is 0 Å². The molecule has 35 heavy (non-hydrogen) atoms. The molecule has 186 valence electrons. The fourth-order valence-electron chi connectivity index (χ4n) is 2.47. The van der Waals surface area contributed by atoms with Crippen molar-refractivity contribution in [3.63, 3.8) is 0 Å². The molecule has 1 aliphatic heterocycles. The van der Waals surface area contributed by atoms with Crippen LogP contribution in [-0.4, -0.2) is 82.7 Å². The number of ether oxygens (including phenoxy) is 1. The minimum absolute atomic E-state index is 0. The van der Waals surface area contributed by atoms with Crippen LogP contribution in [0.5, 0.6) is 0 Å². The molecule has 0 radical (unpaired) electrons. The number of hydrogen-bond acceptors (Lipinski definition) is 9. The molecule has 0 bridgehead atoms. The number of terminal acetylenes is 2. The molecule has 1 unspecified atom stereocenters. The van der Waals surface area contributed by atoms with E-state index in [9.17, 15) is 25.0 Å². The fraction of sp³-hybridized carbons (Fsp3) is 0.450. The number of aryl methyl sites for hydroxylation is 2. The molecular weight excluding hydrogens is 540 g/mol. The second kappa shape index (κ2) is 20.5. The van der Waals surface area contributed by atoms with E-state index < -0.39 is 16.0 Å². The number of halogens is 1. The number of aliphatic hydroxyl groups is 1. The van der Waals surface area contributed by atoms with Gasteiger partial charge in [0, 0.05) is 27.1 Å². The van der Waals surface area contributed by atoms with E-state index in [1.165, 1.54) is 22.0 Å². The van der Waals surface area contributed by atoms with E-state index in [1.54, 1.807) is 13.8 Å². The Morgan fingerprint density at radius 2 is 1.57 bits per heavy atom. The largest absolute Gasteiger partial charge is 2.00 e. The van der Waals surface area contributed by atoms with Gasteiger partial charge in [-0.1, -0.05) is 5.92 Å². The number of carbonyl (C=O) groups is 1. The van der Waals surface area contributed by atoms with Crippen LogP contribution in [0.25, 0.3) is 0 Å². The molecule has 1 atom stereocenters. The third-order valence-electron chi connectivity index (χ3n) is 4.07. The standard InChI is InChI=1S/C8H9N3O3.C6H7N3O3.C4H8O.C2H.BrH.Mg/c1-3-7(12)5-10-6(2)9-4-8(10)11(13)14;1-5-7-4-6(9(11)12)8(5)2-3-10;1-2-4-5-3-1;1-2;;/h1,4,7,12H,5H2,2H3;3-4H,2H2,1H3;1-4H2;1H;1H;/q;;;-1;;+2/p-1. The van der Waals surface area contributed by atoms with Crippen LogP contribution in [0.15, 0.2) is 12.4 Å². The second-order valence-corrected chi connectivity index (χ2v) is 6.23. The first-order valence-electron chi connectivity index (χ1n) is 9.50. The van der Waals surface area contributed by atoms with Gasteiger partial charge in [-0.3, -0.25) is 4.79 Å². The SMILES string of the molecule is C#CC(O)Cn1c([N+](=O)[O-])cnc1C.C1CCOC1.Cc1ncc([N+](=O)[O-])n1CC=O.[Br-].[C-]#C.[Mg+2]. The summed E-state index contributed by atoms with van der Waals surface area (Å²) in [6.07, 6.45) is 18.4. The minimum atomic E-state index is -1.04. The third kappa shape index (κ3) is 13.0. The van der Waals surface area contributed by atoms with Crippen molar-refractivity contribution in [2.45, 2.75) is 45.9 Å². The molecule has 0 aliphatic carbocycles. The maximum absolute atomic E-state index is 10.5. The number of aldehydes is 1. The van der Waals surface area contributed by atoms with Crippen molar-refractivity contribution in [1.82, 2.24) is 19.1 Å². The van der Waals surface area contributed by atoms with E-state index in [0.29, 0.717) is 17.9 Å². The first-order chi connectivity index (χ1) is 15.7. The van der Waals surface area contributed by atoms with Gasteiger partial charge in [0.2, 0.25) is 0 Å². The van der Waals surface area contributed by atoms with Crippen LogP contribution in [-0.2, 0) is 22.6 Å². The molecule has 3 heterocycles. The average molecular weight is 566 g/mol. The quantitative estimate of drug-likeness (QED) is 0.104. The molecule has 1 N–H and O–H groups in total. The summed E-state index contributed by atoms with van der Waals surface area (Å²) in [5.74, 6) is 2.67. The van der Waals surface area contributed by atoms with Gasteiger partial charge < -0.3 is 59.9 Å².